The van der Waals surface area contributed by atoms with Gasteiger partial charge in [-0.15, -0.1) is 0 Å². The zero-order valence-electron chi connectivity index (χ0n) is 8.23. The first-order chi connectivity index (χ1) is 7.25. The van der Waals surface area contributed by atoms with Crippen LogP contribution in [0.4, 0.5) is 5.69 Å². The molecule has 0 bridgehead atoms. The van der Waals surface area contributed by atoms with E-state index in [0.29, 0.717) is 5.76 Å². The first-order valence-corrected chi connectivity index (χ1v) is 4.55. The van der Waals surface area contributed by atoms with Gasteiger partial charge in [0.1, 0.15) is 5.76 Å². The fourth-order valence-electron chi connectivity index (χ4n) is 1.19. The lowest BCUT2D eigenvalue weighted by molar-refractivity contribution is 0.101. The smallest absolute Gasteiger partial charge is 0.277 e. The summed E-state index contributed by atoms with van der Waals surface area (Å²) in [5.74, 6) is 0.353. The van der Waals surface area contributed by atoms with Crippen molar-refractivity contribution in [1.82, 2.24) is 5.16 Å². The van der Waals surface area contributed by atoms with Crippen LogP contribution < -0.4 is 5.32 Å². The Labute approximate surface area is 86.9 Å². The number of rotatable bonds is 2. The van der Waals surface area contributed by atoms with Gasteiger partial charge in [-0.25, -0.2) is 0 Å². The molecule has 0 fully saturated rings. The van der Waals surface area contributed by atoms with Crippen molar-refractivity contribution in [1.29, 1.82) is 0 Å². The Morgan fingerprint density at radius 3 is 2.67 bits per heavy atom. The number of aromatic nitrogens is 1. The summed E-state index contributed by atoms with van der Waals surface area (Å²) >= 11 is 0. The maximum absolute atomic E-state index is 11.6. The number of nitrogens with zero attached hydrogens (tertiary/aromatic N) is 1. The zero-order valence-corrected chi connectivity index (χ0v) is 8.23. The summed E-state index contributed by atoms with van der Waals surface area (Å²) < 4.78 is 4.81. The van der Waals surface area contributed by atoms with Crippen LogP contribution in [0.2, 0.25) is 0 Å². The molecular weight excluding hydrogens is 192 g/mol. The van der Waals surface area contributed by atoms with Crippen molar-refractivity contribution in [2.24, 2.45) is 0 Å². The van der Waals surface area contributed by atoms with Gasteiger partial charge in [0, 0.05) is 11.8 Å². The van der Waals surface area contributed by atoms with Crippen molar-refractivity contribution in [3.8, 4) is 0 Å². The molecule has 4 heteroatoms. The molecule has 1 heterocycles. The van der Waals surface area contributed by atoms with Crippen LogP contribution in [0.5, 0.6) is 0 Å². The Bertz CT molecular complexity index is 462. The highest BCUT2D eigenvalue weighted by atomic mass is 16.5. The number of para-hydroxylation sites is 1. The molecule has 0 aliphatic carbocycles. The maximum atomic E-state index is 11.6. The molecule has 0 spiro atoms. The second-order valence-corrected chi connectivity index (χ2v) is 3.14. The maximum Gasteiger partial charge on any atom is 0.277 e. The van der Waals surface area contributed by atoms with E-state index >= 15 is 0 Å². The van der Waals surface area contributed by atoms with E-state index in [9.17, 15) is 4.79 Å². The van der Waals surface area contributed by atoms with Crippen LogP contribution in [0.3, 0.4) is 0 Å². The van der Waals surface area contributed by atoms with Gasteiger partial charge in [-0.3, -0.25) is 4.79 Å². The minimum atomic E-state index is -0.266. The fourth-order valence-corrected chi connectivity index (χ4v) is 1.19. The average Bonchev–Trinajstić information content (AvgIpc) is 2.66. The van der Waals surface area contributed by atoms with Gasteiger partial charge in [-0.1, -0.05) is 23.4 Å². The second-order valence-electron chi connectivity index (χ2n) is 3.14. The molecule has 76 valence electrons. The Morgan fingerprint density at radius 1 is 1.33 bits per heavy atom. The van der Waals surface area contributed by atoms with Gasteiger partial charge in [-0.05, 0) is 19.1 Å². The number of anilines is 1. The summed E-state index contributed by atoms with van der Waals surface area (Å²) in [6, 6.07) is 10.8. The number of nitrogens with one attached hydrogen (secondary N) is 1. The molecule has 2 aromatic rings. The summed E-state index contributed by atoms with van der Waals surface area (Å²) in [6.07, 6.45) is 0. The van der Waals surface area contributed by atoms with E-state index in [1.807, 2.05) is 30.3 Å². The molecule has 1 aromatic heterocycles. The van der Waals surface area contributed by atoms with E-state index < -0.39 is 0 Å². The number of amides is 1. The van der Waals surface area contributed by atoms with Crippen molar-refractivity contribution in [2.75, 3.05) is 5.32 Å². The Morgan fingerprint density at radius 2 is 2.07 bits per heavy atom. The van der Waals surface area contributed by atoms with Crippen molar-refractivity contribution >= 4 is 11.6 Å². The highest BCUT2D eigenvalue weighted by Crippen LogP contribution is 2.08. The molecule has 1 amide bonds. The van der Waals surface area contributed by atoms with Crippen LogP contribution in [0, 0.1) is 6.92 Å². The highest BCUT2D eigenvalue weighted by Gasteiger charge is 2.10. The number of hydrogen-bond donors (Lipinski definition) is 1. The van der Waals surface area contributed by atoms with Gasteiger partial charge in [0.2, 0.25) is 0 Å². The zero-order chi connectivity index (χ0) is 10.7. The molecule has 0 aliphatic rings. The third-order valence-electron chi connectivity index (χ3n) is 1.89. The fraction of sp³-hybridized carbons (Fsp3) is 0.0909. The molecular formula is C11H10N2O2. The molecule has 2 rings (SSSR count). The molecule has 4 nitrogen and oxygen atoms in total. The van der Waals surface area contributed by atoms with Crippen molar-refractivity contribution in [3.63, 3.8) is 0 Å². The van der Waals surface area contributed by atoms with Gasteiger partial charge in [0.05, 0.1) is 0 Å². The van der Waals surface area contributed by atoms with Crippen LogP contribution in [0.1, 0.15) is 16.2 Å². The molecule has 0 radical (unpaired) electrons. The monoisotopic (exact) mass is 202 g/mol. The van der Waals surface area contributed by atoms with Crippen LogP contribution in [-0.4, -0.2) is 11.1 Å². The van der Waals surface area contributed by atoms with E-state index in [2.05, 4.69) is 10.5 Å². The number of carbonyl (C=O) groups is 1. The average molecular weight is 202 g/mol. The van der Waals surface area contributed by atoms with Crippen molar-refractivity contribution in [3.05, 3.63) is 47.9 Å². The quantitative estimate of drug-likeness (QED) is 0.812. The summed E-state index contributed by atoms with van der Waals surface area (Å²) in [5, 5.41) is 6.33. The molecule has 1 N–H and O–H groups in total. The van der Waals surface area contributed by atoms with E-state index in [4.69, 9.17) is 4.52 Å². The lowest BCUT2D eigenvalue weighted by Crippen LogP contribution is -2.11. The molecule has 0 aliphatic heterocycles. The summed E-state index contributed by atoms with van der Waals surface area (Å²) in [5.41, 5.74) is 1.03. The largest absolute Gasteiger partial charge is 0.361 e. The van der Waals surface area contributed by atoms with Gasteiger partial charge in [0.25, 0.3) is 5.91 Å². The number of benzene rings is 1. The Hall–Kier alpha value is -2.10. The number of carbonyl (C=O) groups excluding carboxylic acids is 1. The minimum absolute atomic E-state index is 0.266. The van der Waals surface area contributed by atoms with Crippen LogP contribution in [0.25, 0.3) is 0 Å². The standard InChI is InChI=1S/C11H10N2O2/c1-8-7-10(13-15-8)11(14)12-9-5-3-2-4-6-9/h2-7H,1H3,(H,12,14). The van der Waals surface area contributed by atoms with Gasteiger partial charge >= 0.3 is 0 Å². The van der Waals surface area contributed by atoms with E-state index in [0.717, 1.165) is 5.69 Å². The van der Waals surface area contributed by atoms with Gasteiger partial charge in [-0.2, -0.15) is 0 Å². The van der Waals surface area contributed by atoms with Crippen molar-refractivity contribution in [2.45, 2.75) is 6.92 Å². The predicted molar refractivity (Wildman–Crippen MR) is 55.6 cm³/mol. The Kier molecular flexibility index (Phi) is 2.49. The SMILES string of the molecule is Cc1cc(C(=O)Nc2ccccc2)no1. The molecule has 0 saturated carbocycles. The third-order valence-corrected chi connectivity index (χ3v) is 1.89. The van der Waals surface area contributed by atoms with E-state index in [1.165, 1.54) is 0 Å². The highest BCUT2D eigenvalue weighted by molar-refractivity contribution is 6.02. The first kappa shape index (κ1) is 9.45. The first-order valence-electron chi connectivity index (χ1n) is 4.55. The summed E-state index contributed by atoms with van der Waals surface area (Å²) in [7, 11) is 0. The topological polar surface area (TPSA) is 55.1 Å². The number of aryl methyl sites for hydroxylation is 1. The summed E-state index contributed by atoms with van der Waals surface area (Å²) in [4.78, 5) is 11.6. The van der Waals surface area contributed by atoms with Gasteiger partial charge in [0.15, 0.2) is 5.69 Å². The number of hydrogen-bond acceptors (Lipinski definition) is 3. The van der Waals surface area contributed by atoms with Crippen LogP contribution in [0.15, 0.2) is 40.9 Å². The molecule has 0 atom stereocenters. The van der Waals surface area contributed by atoms with Crippen molar-refractivity contribution < 1.29 is 9.32 Å². The van der Waals surface area contributed by atoms with Gasteiger partial charge < -0.3 is 9.84 Å². The lowest BCUT2D eigenvalue weighted by atomic mass is 10.3. The lowest BCUT2D eigenvalue weighted by Gasteiger charge is -2.00. The third kappa shape index (κ3) is 2.22. The molecule has 15 heavy (non-hydrogen) atoms. The van der Waals surface area contributed by atoms with Crippen LogP contribution in [-0.2, 0) is 0 Å². The predicted octanol–water partition coefficient (Wildman–Crippen LogP) is 2.24. The van der Waals surface area contributed by atoms with E-state index in [-0.39, 0.29) is 11.6 Å². The molecule has 0 unspecified atom stereocenters. The second kappa shape index (κ2) is 3.96. The normalized spacial score (nSPS) is 9.93. The molecule has 1 aromatic carbocycles. The minimum Gasteiger partial charge on any atom is -0.361 e. The Balaban J connectivity index is 2.11. The van der Waals surface area contributed by atoms with Crippen LogP contribution >= 0.6 is 0 Å². The van der Waals surface area contributed by atoms with E-state index in [1.54, 1.807) is 13.0 Å². The summed E-state index contributed by atoms with van der Waals surface area (Å²) in [6.45, 7) is 1.74. The molecule has 0 saturated heterocycles.